The standard InChI is InChI=1S/C17H17N3O/c1-13-12-21-17(14-5-3-2-4-6-14)11-20(13)16-8-7-15(9-18)19-10-16/h2-8,10,13,17H,11-12H2,1H3/t13-,17+/m0/s1. The third kappa shape index (κ3) is 2.88. The van der Waals surface area contributed by atoms with Crippen LogP contribution in [0.3, 0.4) is 0 Å². The summed E-state index contributed by atoms with van der Waals surface area (Å²) in [5, 5.41) is 8.84. The molecular formula is C17H17N3O. The minimum Gasteiger partial charge on any atom is -0.370 e. The van der Waals surface area contributed by atoms with Gasteiger partial charge < -0.3 is 9.64 Å². The maximum atomic E-state index is 8.84. The van der Waals surface area contributed by atoms with Gasteiger partial charge in [0.15, 0.2) is 0 Å². The summed E-state index contributed by atoms with van der Waals surface area (Å²) in [4.78, 5) is 6.45. The molecule has 0 aliphatic carbocycles. The van der Waals surface area contributed by atoms with Gasteiger partial charge in [0, 0.05) is 12.6 Å². The van der Waals surface area contributed by atoms with E-state index in [0.29, 0.717) is 18.3 Å². The molecule has 2 heterocycles. The van der Waals surface area contributed by atoms with Crippen LogP contribution in [0.15, 0.2) is 48.7 Å². The number of ether oxygens (including phenoxy) is 1. The van der Waals surface area contributed by atoms with Crippen molar-refractivity contribution in [2.45, 2.75) is 19.1 Å². The fraction of sp³-hybridized carbons (Fsp3) is 0.294. The predicted octanol–water partition coefficient (Wildman–Crippen LogP) is 2.92. The summed E-state index contributed by atoms with van der Waals surface area (Å²) in [6.45, 7) is 3.61. The van der Waals surface area contributed by atoms with Gasteiger partial charge in [-0.05, 0) is 24.6 Å². The largest absolute Gasteiger partial charge is 0.370 e. The number of anilines is 1. The Kier molecular flexibility index (Phi) is 3.85. The third-order valence-corrected chi connectivity index (χ3v) is 3.80. The summed E-state index contributed by atoms with van der Waals surface area (Å²) in [6, 6.07) is 16.3. The van der Waals surface area contributed by atoms with Gasteiger partial charge in [0.05, 0.1) is 18.5 Å². The molecule has 0 saturated carbocycles. The molecule has 0 N–H and O–H groups in total. The predicted molar refractivity (Wildman–Crippen MR) is 80.9 cm³/mol. The second kappa shape index (κ2) is 5.94. The minimum absolute atomic E-state index is 0.0676. The van der Waals surface area contributed by atoms with E-state index in [-0.39, 0.29) is 6.10 Å². The number of morpholine rings is 1. The van der Waals surface area contributed by atoms with E-state index in [1.54, 1.807) is 12.3 Å². The van der Waals surface area contributed by atoms with Gasteiger partial charge in [-0.1, -0.05) is 30.3 Å². The van der Waals surface area contributed by atoms with E-state index < -0.39 is 0 Å². The van der Waals surface area contributed by atoms with Crippen molar-refractivity contribution in [1.82, 2.24) is 4.98 Å². The zero-order chi connectivity index (χ0) is 14.7. The second-order valence-electron chi connectivity index (χ2n) is 5.25. The molecule has 21 heavy (non-hydrogen) atoms. The molecule has 1 fully saturated rings. The fourth-order valence-corrected chi connectivity index (χ4v) is 2.61. The van der Waals surface area contributed by atoms with Gasteiger partial charge in [-0.15, -0.1) is 0 Å². The highest BCUT2D eigenvalue weighted by Gasteiger charge is 2.27. The fourth-order valence-electron chi connectivity index (χ4n) is 2.61. The average molecular weight is 279 g/mol. The van der Waals surface area contributed by atoms with Crippen molar-refractivity contribution in [3.63, 3.8) is 0 Å². The Balaban J connectivity index is 1.82. The van der Waals surface area contributed by atoms with E-state index in [4.69, 9.17) is 10.00 Å². The smallest absolute Gasteiger partial charge is 0.140 e. The Hall–Kier alpha value is -2.38. The number of hydrogen-bond acceptors (Lipinski definition) is 4. The number of nitrogens with zero attached hydrogens (tertiary/aromatic N) is 3. The summed E-state index contributed by atoms with van der Waals surface area (Å²) in [5.41, 5.74) is 2.67. The molecule has 1 aromatic carbocycles. The molecule has 106 valence electrons. The van der Waals surface area contributed by atoms with Gasteiger partial charge in [0.2, 0.25) is 0 Å². The van der Waals surface area contributed by atoms with Crippen molar-refractivity contribution in [3.05, 3.63) is 59.9 Å². The van der Waals surface area contributed by atoms with Crippen LogP contribution in [0.2, 0.25) is 0 Å². The first-order chi connectivity index (χ1) is 10.3. The van der Waals surface area contributed by atoms with Gasteiger partial charge in [-0.3, -0.25) is 0 Å². The number of hydrogen-bond donors (Lipinski definition) is 0. The first kappa shape index (κ1) is 13.6. The topological polar surface area (TPSA) is 49.1 Å². The van der Waals surface area contributed by atoms with Crippen molar-refractivity contribution in [2.24, 2.45) is 0 Å². The summed E-state index contributed by atoms with van der Waals surface area (Å²) in [7, 11) is 0. The van der Waals surface area contributed by atoms with Crippen LogP contribution in [-0.4, -0.2) is 24.2 Å². The summed E-state index contributed by atoms with van der Waals surface area (Å²) < 4.78 is 5.96. The summed E-state index contributed by atoms with van der Waals surface area (Å²) in [5.74, 6) is 0. The van der Waals surface area contributed by atoms with Gasteiger partial charge in [0.1, 0.15) is 17.9 Å². The van der Waals surface area contributed by atoms with Crippen LogP contribution in [0.1, 0.15) is 24.3 Å². The van der Waals surface area contributed by atoms with Gasteiger partial charge in [-0.2, -0.15) is 5.26 Å². The Bertz CT molecular complexity index is 633. The third-order valence-electron chi connectivity index (χ3n) is 3.80. The number of pyridine rings is 1. The number of nitriles is 1. The molecular weight excluding hydrogens is 262 g/mol. The molecule has 3 rings (SSSR count). The molecule has 2 aromatic rings. The van der Waals surface area contributed by atoms with Gasteiger partial charge in [-0.25, -0.2) is 4.98 Å². The lowest BCUT2D eigenvalue weighted by molar-refractivity contribution is 0.0215. The molecule has 0 spiro atoms. The maximum absolute atomic E-state index is 8.84. The molecule has 2 atom stereocenters. The lowest BCUT2D eigenvalue weighted by Crippen LogP contribution is -2.45. The van der Waals surface area contributed by atoms with E-state index in [0.717, 1.165) is 12.2 Å². The molecule has 4 nitrogen and oxygen atoms in total. The normalized spacial score (nSPS) is 21.8. The van der Waals surface area contributed by atoms with Crippen molar-refractivity contribution in [3.8, 4) is 6.07 Å². The van der Waals surface area contributed by atoms with Crippen molar-refractivity contribution >= 4 is 5.69 Å². The van der Waals surface area contributed by atoms with E-state index in [1.165, 1.54) is 5.56 Å². The maximum Gasteiger partial charge on any atom is 0.140 e. The highest BCUT2D eigenvalue weighted by atomic mass is 16.5. The zero-order valence-electron chi connectivity index (χ0n) is 11.9. The SMILES string of the molecule is C[C@H]1CO[C@@H](c2ccccc2)CN1c1ccc(C#N)nc1. The monoisotopic (exact) mass is 279 g/mol. The second-order valence-corrected chi connectivity index (χ2v) is 5.25. The minimum atomic E-state index is 0.0676. The van der Waals surface area contributed by atoms with Gasteiger partial charge in [0.25, 0.3) is 0 Å². The summed E-state index contributed by atoms with van der Waals surface area (Å²) in [6.07, 6.45) is 1.83. The van der Waals surface area contributed by atoms with E-state index >= 15 is 0 Å². The highest BCUT2D eigenvalue weighted by Crippen LogP contribution is 2.28. The Morgan fingerprint density at radius 3 is 2.71 bits per heavy atom. The van der Waals surface area contributed by atoms with E-state index in [9.17, 15) is 0 Å². The Morgan fingerprint density at radius 2 is 2.05 bits per heavy atom. The Labute approximate surface area is 124 Å². The van der Waals surface area contributed by atoms with Crippen molar-refractivity contribution < 1.29 is 4.74 Å². The summed E-state index contributed by atoms with van der Waals surface area (Å²) >= 11 is 0. The van der Waals surface area contributed by atoms with Crippen molar-refractivity contribution in [1.29, 1.82) is 5.26 Å². The van der Waals surface area contributed by atoms with Crippen LogP contribution in [0.4, 0.5) is 5.69 Å². The molecule has 1 aliphatic heterocycles. The molecule has 0 unspecified atom stereocenters. The number of aromatic nitrogens is 1. The molecule has 0 bridgehead atoms. The average Bonchev–Trinajstić information content (AvgIpc) is 2.56. The van der Waals surface area contributed by atoms with E-state index in [2.05, 4.69) is 28.9 Å². The molecule has 0 radical (unpaired) electrons. The van der Waals surface area contributed by atoms with Crippen LogP contribution >= 0.6 is 0 Å². The zero-order valence-corrected chi connectivity index (χ0v) is 11.9. The first-order valence-corrected chi connectivity index (χ1v) is 7.07. The number of benzene rings is 1. The van der Waals surface area contributed by atoms with Crippen LogP contribution < -0.4 is 4.90 Å². The van der Waals surface area contributed by atoms with Crippen LogP contribution in [0.5, 0.6) is 0 Å². The molecule has 4 heteroatoms. The van der Waals surface area contributed by atoms with Crippen LogP contribution in [0.25, 0.3) is 0 Å². The number of rotatable bonds is 2. The lowest BCUT2D eigenvalue weighted by atomic mass is 10.1. The first-order valence-electron chi connectivity index (χ1n) is 7.07. The molecule has 1 aromatic heterocycles. The van der Waals surface area contributed by atoms with Crippen molar-refractivity contribution in [2.75, 3.05) is 18.1 Å². The van der Waals surface area contributed by atoms with Crippen LogP contribution in [0, 0.1) is 11.3 Å². The van der Waals surface area contributed by atoms with Gasteiger partial charge >= 0.3 is 0 Å². The Morgan fingerprint density at radius 1 is 1.24 bits per heavy atom. The van der Waals surface area contributed by atoms with E-state index in [1.807, 2.05) is 30.3 Å². The molecule has 0 amide bonds. The quantitative estimate of drug-likeness (QED) is 0.848. The van der Waals surface area contributed by atoms with Crippen LogP contribution in [-0.2, 0) is 4.74 Å². The molecule has 1 saturated heterocycles. The molecule has 1 aliphatic rings. The highest BCUT2D eigenvalue weighted by molar-refractivity contribution is 5.47. The lowest BCUT2D eigenvalue weighted by Gasteiger charge is -2.39.